The monoisotopic (exact) mass is 447 g/mol. The molecule has 0 atom stereocenters. The van der Waals surface area contributed by atoms with Gasteiger partial charge in [-0.3, -0.25) is 9.59 Å². The summed E-state index contributed by atoms with van der Waals surface area (Å²) < 4.78 is 16.5. The Morgan fingerprint density at radius 1 is 0.909 bits per heavy atom. The van der Waals surface area contributed by atoms with E-state index in [1.165, 1.54) is 13.3 Å². The lowest BCUT2D eigenvalue weighted by Crippen LogP contribution is -2.20. The number of carbonyl (C=O) groups excluding carboxylic acids is 2. The molecule has 0 unspecified atom stereocenters. The molecule has 2 amide bonds. The number of benzene rings is 3. The fraction of sp³-hybridized carbons (Fsp3) is 0.160. The zero-order valence-electron chi connectivity index (χ0n) is 18.4. The Labute approximate surface area is 192 Å². The number of carbonyl (C=O) groups is 2. The van der Waals surface area contributed by atoms with Crippen molar-refractivity contribution in [2.45, 2.75) is 6.92 Å². The maximum absolute atomic E-state index is 12.3. The second-order valence-electron chi connectivity index (χ2n) is 6.74. The molecule has 33 heavy (non-hydrogen) atoms. The lowest BCUT2D eigenvalue weighted by Gasteiger charge is -2.13. The lowest BCUT2D eigenvalue weighted by atomic mass is 10.2. The zero-order valence-corrected chi connectivity index (χ0v) is 18.4. The van der Waals surface area contributed by atoms with E-state index in [0.717, 1.165) is 0 Å². The Morgan fingerprint density at radius 3 is 2.42 bits per heavy atom. The molecule has 0 radical (unpaired) electrons. The van der Waals surface area contributed by atoms with Gasteiger partial charge in [0.15, 0.2) is 18.1 Å². The topological polar surface area (TPSA) is 98.3 Å². The predicted molar refractivity (Wildman–Crippen MR) is 126 cm³/mol. The smallest absolute Gasteiger partial charge is 0.271 e. The molecular weight excluding hydrogens is 422 g/mol. The third kappa shape index (κ3) is 6.83. The number of anilines is 1. The highest BCUT2D eigenvalue weighted by molar-refractivity contribution is 5.95. The standard InChI is InChI=1S/C25H25N3O5/c1-3-32-23-15-18(16-26-28-25(30)19-9-5-4-6-10-19)13-14-22(23)33-17-24(29)27-20-11-7-8-12-21(20)31-2/h4-16H,3,17H2,1-2H3,(H,27,29)(H,28,30)/b26-16+. The molecule has 3 aromatic rings. The summed E-state index contributed by atoms with van der Waals surface area (Å²) >= 11 is 0. The third-order valence-corrected chi connectivity index (χ3v) is 4.42. The van der Waals surface area contributed by atoms with E-state index in [-0.39, 0.29) is 18.4 Å². The molecule has 0 aliphatic rings. The van der Waals surface area contributed by atoms with Gasteiger partial charge in [-0.05, 0) is 55.0 Å². The van der Waals surface area contributed by atoms with Gasteiger partial charge in [-0.2, -0.15) is 5.10 Å². The summed E-state index contributed by atoms with van der Waals surface area (Å²) in [6, 6.07) is 21.1. The van der Waals surface area contributed by atoms with E-state index in [4.69, 9.17) is 14.2 Å². The maximum Gasteiger partial charge on any atom is 0.271 e. The van der Waals surface area contributed by atoms with Crippen LogP contribution in [0.15, 0.2) is 77.9 Å². The van der Waals surface area contributed by atoms with Crippen LogP contribution in [0.25, 0.3) is 0 Å². The number of hydrogen-bond donors (Lipinski definition) is 2. The Balaban J connectivity index is 1.61. The normalized spacial score (nSPS) is 10.5. The summed E-state index contributed by atoms with van der Waals surface area (Å²) in [5.74, 6) is 0.788. The minimum Gasteiger partial charge on any atom is -0.495 e. The molecule has 0 spiro atoms. The van der Waals surface area contributed by atoms with E-state index in [1.807, 2.05) is 19.1 Å². The van der Waals surface area contributed by atoms with E-state index in [1.54, 1.807) is 60.7 Å². The highest BCUT2D eigenvalue weighted by Crippen LogP contribution is 2.28. The van der Waals surface area contributed by atoms with E-state index >= 15 is 0 Å². The second-order valence-corrected chi connectivity index (χ2v) is 6.74. The van der Waals surface area contributed by atoms with Crippen LogP contribution >= 0.6 is 0 Å². The molecule has 3 aromatic carbocycles. The van der Waals surface area contributed by atoms with E-state index in [2.05, 4.69) is 15.8 Å². The van der Waals surface area contributed by atoms with E-state index < -0.39 is 0 Å². The van der Waals surface area contributed by atoms with Gasteiger partial charge in [0.25, 0.3) is 11.8 Å². The van der Waals surface area contributed by atoms with Gasteiger partial charge in [-0.15, -0.1) is 0 Å². The largest absolute Gasteiger partial charge is 0.495 e. The van der Waals surface area contributed by atoms with Crippen molar-refractivity contribution in [3.05, 3.63) is 83.9 Å². The quantitative estimate of drug-likeness (QED) is 0.363. The molecular formula is C25H25N3O5. The first kappa shape index (κ1) is 23.3. The SMILES string of the molecule is CCOc1cc(/C=N/NC(=O)c2ccccc2)ccc1OCC(=O)Nc1ccccc1OC. The predicted octanol–water partition coefficient (Wildman–Crippen LogP) is 3.88. The molecule has 0 aliphatic carbocycles. The molecule has 0 bridgehead atoms. The molecule has 3 rings (SSSR count). The maximum atomic E-state index is 12.3. The highest BCUT2D eigenvalue weighted by Gasteiger charge is 2.11. The van der Waals surface area contributed by atoms with Crippen molar-refractivity contribution >= 4 is 23.7 Å². The van der Waals surface area contributed by atoms with Crippen LogP contribution in [0.5, 0.6) is 17.2 Å². The summed E-state index contributed by atoms with van der Waals surface area (Å²) in [5, 5.41) is 6.74. The van der Waals surface area contributed by atoms with Crippen LogP contribution in [0.3, 0.4) is 0 Å². The minimum atomic E-state index is -0.337. The molecule has 8 nitrogen and oxygen atoms in total. The molecule has 0 saturated heterocycles. The van der Waals surface area contributed by atoms with Crippen molar-refractivity contribution in [1.29, 1.82) is 0 Å². The van der Waals surface area contributed by atoms with Crippen LogP contribution in [0.1, 0.15) is 22.8 Å². The first-order valence-corrected chi connectivity index (χ1v) is 10.3. The lowest BCUT2D eigenvalue weighted by molar-refractivity contribution is -0.118. The van der Waals surface area contributed by atoms with Crippen molar-refractivity contribution in [1.82, 2.24) is 5.43 Å². The van der Waals surface area contributed by atoms with Gasteiger partial charge in [-0.25, -0.2) is 5.43 Å². The van der Waals surface area contributed by atoms with Crippen LogP contribution in [-0.4, -0.2) is 38.4 Å². The van der Waals surface area contributed by atoms with Crippen LogP contribution in [-0.2, 0) is 4.79 Å². The summed E-state index contributed by atoms with van der Waals surface area (Å²) in [4.78, 5) is 24.4. The van der Waals surface area contributed by atoms with Crippen molar-refractivity contribution < 1.29 is 23.8 Å². The summed E-state index contributed by atoms with van der Waals surface area (Å²) in [5.41, 5.74) is 4.25. The zero-order chi connectivity index (χ0) is 23.5. The number of hydrogen-bond acceptors (Lipinski definition) is 6. The number of rotatable bonds is 10. The van der Waals surface area contributed by atoms with Crippen molar-refractivity contribution in [3.63, 3.8) is 0 Å². The van der Waals surface area contributed by atoms with Crippen LogP contribution < -0.4 is 25.0 Å². The average molecular weight is 447 g/mol. The van der Waals surface area contributed by atoms with Gasteiger partial charge in [-0.1, -0.05) is 30.3 Å². The molecule has 0 saturated carbocycles. The van der Waals surface area contributed by atoms with Crippen molar-refractivity contribution in [2.75, 3.05) is 25.6 Å². The number of nitrogens with zero attached hydrogens (tertiary/aromatic N) is 1. The fourth-order valence-electron chi connectivity index (χ4n) is 2.89. The van der Waals surface area contributed by atoms with Crippen molar-refractivity contribution in [3.8, 4) is 17.2 Å². The number of hydrazone groups is 1. The summed E-state index contributed by atoms with van der Waals surface area (Å²) in [6.07, 6.45) is 1.50. The van der Waals surface area contributed by atoms with Crippen LogP contribution in [0, 0.1) is 0 Å². The molecule has 2 N–H and O–H groups in total. The van der Waals surface area contributed by atoms with Gasteiger partial charge >= 0.3 is 0 Å². The Hall–Kier alpha value is -4.33. The molecule has 170 valence electrons. The number of methoxy groups -OCH3 is 1. The molecule has 8 heteroatoms. The molecule has 0 aliphatic heterocycles. The Bertz CT molecular complexity index is 1120. The summed E-state index contributed by atoms with van der Waals surface area (Å²) in [7, 11) is 1.54. The Morgan fingerprint density at radius 2 is 1.67 bits per heavy atom. The van der Waals surface area contributed by atoms with Crippen LogP contribution in [0.4, 0.5) is 5.69 Å². The first-order valence-electron chi connectivity index (χ1n) is 10.3. The average Bonchev–Trinajstić information content (AvgIpc) is 2.84. The van der Waals surface area contributed by atoms with Gasteiger partial charge in [0.05, 0.1) is 25.6 Å². The first-order chi connectivity index (χ1) is 16.1. The fourth-order valence-corrected chi connectivity index (χ4v) is 2.89. The highest BCUT2D eigenvalue weighted by atomic mass is 16.5. The molecule has 0 aromatic heterocycles. The number of para-hydroxylation sites is 2. The second kappa shape index (κ2) is 11.9. The van der Waals surface area contributed by atoms with Crippen molar-refractivity contribution in [2.24, 2.45) is 5.10 Å². The summed E-state index contributed by atoms with van der Waals surface area (Å²) in [6.45, 7) is 2.05. The number of ether oxygens (including phenoxy) is 3. The van der Waals surface area contributed by atoms with Gasteiger partial charge < -0.3 is 19.5 Å². The van der Waals surface area contributed by atoms with Gasteiger partial charge in [0.2, 0.25) is 0 Å². The van der Waals surface area contributed by atoms with E-state index in [0.29, 0.717) is 40.7 Å². The number of amides is 2. The third-order valence-electron chi connectivity index (χ3n) is 4.42. The molecule has 0 heterocycles. The number of nitrogens with one attached hydrogen (secondary N) is 2. The minimum absolute atomic E-state index is 0.210. The van der Waals surface area contributed by atoms with E-state index in [9.17, 15) is 9.59 Å². The van der Waals surface area contributed by atoms with Crippen LogP contribution in [0.2, 0.25) is 0 Å². The van der Waals surface area contributed by atoms with Gasteiger partial charge in [0.1, 0.15) is 5.75 Å². The van der Waals surface area contributed by atoms with Gasteiger partial charge in [0, 0.05) is 5.56 Å². The molecule has 0 fully saturated rings. The Kier molecular flexibility index (Phi) is 8.41.